The van der Waals surface area contributed by atoms with Crippen LogP contribution < -0.4 is 21.1 Å². The molecule has 0 fully saturated rings. The van der Waals surface area contributed by atoms with Crippen LogP contribution in [-0.4, -0.2) is 24.3 Å². The minimum Gasteiger partial charge on any atom is -0.484 e. The van der Waals surface area contributed by atoms with Gasteiger partial charge in [-0.1, -0.05) is 12.1 Å². The molecule has 8 nitrogen and oxygen atoms in total. The number of nitrogens with one attached hydrogen (secondary N) is 2. The van der Waals surface area contributed by atoms with E-state index in [2.05, 4.69) is 10.6 Å². The number of carbonyl (C=O) groups is 3. The van der Waals surface area contributed by atoms with Crippen LogP contribution in [0.2, 0.25) is 0 Å². The van der Waals surface area contributed by atoms with Gasteiger partial charge in [0.25, 0.3) is 11.8 Å². The average molecular weight is 461 g/mol. The SMILES string of the molecule is NC(=O)Cc1ccc(OCC(=O)Nc2ccc(NC(=O)c3ccco3)cc2C(F)(F)F)cc1. The molecule has 3 aromatic rings. The third-order valence-electron chi connectivity index (χ3n) is 4.27. The van der Waals surface area contributed by atoms with Crippen LogP contribution in [-0.2, 0) is 22.2 Å². The van der Waals surface area contributed by atoms with Crippen molar-refractivity contribution in [1.29, 1.82) is 0 Å². The van der Waals surface area contributed by atoms with E-state index < -0.39 is 41.8 Å². The molecule has 0 aliphatic rings. The Balaban J connectivity index is 1.65. The number of hydrogen-bond donors (Lipinski definition) is 3. The zero-order chi connectivity index (χ0) is 24.0. The molecule has 1 heterocycles. The number of halogens is 3. The number of alkyl halides is 3. The molecule has 0 aliphatic heterocycles. The van der Waals surface area contributed by atoms with Gasteiger partial charge in [0.15, 0.2) is 12.4 Å². The number of primary amides is 1. The number of ether oxygens (including phenoxy) is 1. The second kappa shape index (κ2) is 9.90. The Morgan fingerprint density at radius 3 is 2.33 bits per heavy atom. The molecule has 0 atom stereocenters. The lowest BCUT2D eigenvalue weighted by atomic mass is 10.1. The van der Waals surface area contributed by atoms with Crippen LogP contribution in [0, 0.1) is 0 Å². The predicted molar refractivity (Wildman–Crippen MR) is 112 cm³/mol. The highest BCUT2D eigenvalue weighted by atomic mass is 19.4. The zero-order valence-electron chi connectivity index (χ0n) is 16.9. The van der Waals surface area contributed by atoms with Gasteiger partial charge < -0.3 is 25.5 Å². The second-order valence-corrected chi connectivity index (χ2v) is 6.81. The smallest absolute Gasteiger partial charge is 0.418 e. The zero-order valence-corrected chi connectivity index (χ0v) is 16.9. The summed E-state index contributed by atoms with van der Waals surface area (Å²) in [6.07, 6.45) is -3.50. The highest BCUT2D eigenvalue weighted by Gasteiger charge is 2.34. The summed E-state index contributed by atoms with van der Waals surface area (Å²) < 4.78 is 50.7. The number of anilines is 2. The highest BCUT2D eigenvalue weighted by molar-refractivity contribution is 6.02. The highest BCUT2D eigenvalue weighted by Crippen LogP contribution is 2.36. The van der Waals surface area contributed by atoms with Crippen molar-refractivity contribution in [2.24, 2.45) is 5.73 Å². The van der Waals surface area contributed by atoms with Crippen LogP contribution >= 0.6 is 0 Å². The minimum absolute atomic E-state index is 0.0406. The number of furan rings is 1. The van der Waals surface area contributed by atoms with Gasteiger partial charge in [-0.3, -0.25) is 14.4 Å². The Hall–Kier alpha value is -4.28. The molecule has 33 heavy (non-hydrogen) atoms. The van der Waals surface area contributed by atoms with E-state index in [0.717, 1.165) is 6.07 Å². The molecule has 0 bridgehead atoms. The molecule has 0 aliphatic carbocycles. The van der Waals surface area contributed by atoms with E-state index in [1.54, 1.807) is 12.1 Å². The first-order valence-electron chi connectivity index (χ1n) is 9.48. The van der Waals surface area contributed by atoms with Gasteiger partial charge in [0.1, 0.15) is 5.75 Å². The van der Waals surface area contributed by atoms with Crippen LogP contribution in [0.25, 0.3) is 0 Å². The van der Waals surface area contributed by atoms with E-state index in [-0.39, 0.29) is 23.6 Å². The van der Waals surface area contributed by atoms with Crippen molar-refractivity contribution in [3.8, 4) is 5.75 Å². The molecule has 3 rings (SSSR count). The molecular weight excluding hydrogens is 443 g/mol. The van der Waals surface area contributed by atoms with Crippen LogP contribution in [0.4, 0.5) is 24.5 Å². The van der Waals surface area contributed by atoms with E-state index >= 15 is 0 Å². The third-order valence-corrected chi connectivity index (χ3v) is 4.27. The topological polar surface area (TPSA) is 124 Å². The lowest BCUT2D eigenvalue weighted by Crippen LogP contribution is -2.22. The minimum atomic E-state index is -4.80. The largest absolute Gasteiger partial charge is 0.484 e. The maximum Gasteiger partial charge on any atom is 0.418 e. The van der Waals surface area contributed by atoms with Crippen molar-refractivity contribution < 1.29 is 36.7 Å². The maximum absolute atomic E-state index is 13.5. The van der Waals surface area contributed by atoms with E-state index in [0.29, 0.717) is 11.6 Å². The first-order chi connectivity index (χ1) is 15.6. The summed E-state index contributed by atoms with van der Waals surface area (Å²) in [4.78, 5) is 35.0. The number of amides is 3. The van der Waals surface area contributed by atoms with Gasteiger partial charge in [0.05, 0.1) is 23.9 Å². The molecule has 11 heteroatoms. The van der Waals surface area contributed by atoms with Crippen LogP contribution in [0.15, 0.2) is 65.3 Å². The van der Waals surface area contributed by atoms with E-state index in [9.17, 15) is 27.6 Å². The van der Waals surface area contributed by atoms with Gasteiger partial charge in [-0.05, 0) is 48.0 Å². The summed E-state index contributed by atoms with van der Waals surface area (Å²) in [7, 11) is 0. The van der Waals surface area contributed by atoms with Crippen molar-refractivity contribution in [3.05, 3.63) is 77.7 Å². The van der Waals surface area contributed by atoms with Crippen molar-refractivity contribution in [3.63, 3.8) is 0 Å². The van der Waals surface area contributed by atoms with Gasteiger partial charge in [-0.25, -0.2) is 0 Å². The summed E-state index contributed by atoms with van der Waals surface area (Å²) in [6.45, 7) is -0.552. The fourth-order valence-electron chi connectivity index (χ4n) is 2.81. The summed E-state index contributed by atoms with van der Waals surface area (Å²) in [5, 5.41) is 4.46. The van der Waals surface area contributed by atoms with Crippen LogP contribution in [0.3, 0.4) is 0 Å². The molecular formula is C22H18F3N3O5. The number of carbonyl (C=O) groups excluding carboxylic acids is 3. The Kier molecular flexibility index (Phi) is 7.01. The molecule has 0 saturated heterocycles. The van der Waals surface area contributed by atoms with Gasteiger partial charge in [-0.2, -0.15) is 13.2 Å². The molecule has 4 N–H and O–H groups in total. The van der Waals surface area contributed by atoms with Crippen molar-refractivity contribution >= 4 is 29.1 Å². The molecule has 3 amide bonds. The standard InChI is InChI=1S/C22H18F3N3O5/c23-22(24,25)16-11-14(27-21(31)18-2-1-9-32-18)5-8-17(16)28-20(30)12-33-15-6-3-13(4-7-15)10-19(26)29/h1-9,11H,10,12H2,(H2,26,29)(H,27,31)(H,28,30). The molecule has 172 valence electrons. The number of nitrogens with two attached hydrogens (primary N) is 1. The normalized spacial score (nSPS) is 11.0. The van der Waals surface area contributed by atoms with E-state index in [4.69, 9.17) is 14.9 Å². The van der Waals surface area contributed by atoms with Crippen molar-refractivity contribution in [2.45, 2.75) is 12.6 Å². The lowest BCUT2D eigenvalue weighted by molar-refractivity contribution is -0.137. The summed E-state index contributed by atoms with van der Waals surface area (Å²) >= 11 is 0. The molecule has 2 aromatic carbocycles. The van der Waals surface area contributed by atoms with E-state index in [1.807, 2.05) is 0 Å². The Labute approximate surface area is 185 Å². The van der Waals surface area contributed by atoms with Gasteiger partial charge >= 0.3 is 6.18 Å². The monoisotopic (exact) mass is 461 g/mol. The predicted octanol–water partition coefficient (Wildman–Crippen LogP) is 3.60. The number of rotatable bonds is 8. The van der Waals surface area contributed by atoms with Crippen molar-refractivity contribution in [2.75, 3.05) is 17.2 Å². The van der Waals surface area contributed by atoms with Crippen LogP contribution in [0.1, 0.15) is 21.7 Å². The maximum atomic E-state index is 13.5. The van der Waals surface area contributed by atoms with Gasteiger partial charge in [-0.15, -0.1) is 0 Å². The first kappa shape index (κ1) is 23.4. The molecule has 0 spiro atoms. The molecule has 0 saturated carbocycles. The average Bonchev–Trinajstić information content (AvgIpc) is 3.28. The Morgan fingerprint density at radius 2 is 1.73 bits per heavy atom. The Bertz CT molecular complexity index is 1140. The van der Waals surface area contributed by atoms with Crippen LogP contribution in [0.5, 0.6) is 5.75 Å². The fourth-order valence-corrected chi connectivity index (χ4v) is 2.81. The molecule has 0 unspecified atom stereocenters. The van der Waals surface area contributed by atoms with Gasteiger partial charge in [0, 0.05) is 5.69 Å². The first-order valence-corrected chi connectivity index (χ1v) is 9.48. The summed E-state index contributed by atoms with van der Waals surface area (Å²) in [6, 6.07) is 11.9. The summed E-state index contributed by atoms with van der Waals surface area (Å²) in [5.41, 5.74) is 3.97. The molecule has 0 radical (unpaired) electrons. The lowest BCUT2D eigenvalue weighted by Gasteiger charge is -2.16. The summed E-state index contributed by atoms with van der Waals surface area (Å²) in [5.74, 6) is -1.84. The number of hydrogen-bond acceptors (Lipinski definition) is 5. The third kappa shape index (κ3) is 6.60. The number of benzene rings is 2. The Morgan fingerprint density at radius 1 is 1.00 bits per heavy atom. The quantitative estimate of drug-likeness (QED) is 0.473. The van der Waals surface area contributed by atoms with Gasteiger partial charge in [0.2, 0.25) is 5.91 Å². The second-order valence-electron chi connectivity index (χ2n) is 6.81. The van der Waals surface area contributed by atoms with Crippen molar-refractivity contribution in [1.82, 2.24) is 0 Å². The van der Waals surface area contributed by atoms with E-state index in [1.165, 1.54) is 36.6 Å². The molecule has 1 aromatic heterocycles. The fraction of sp³-hybridized carbons (Fsp3) is 0.136.